The van der Waals surface area contributed by atoms with Crippen LogP contribution in [-0.4, -0.2) is 18.0 Å². The van der Waals surface area contributed by atoms with E-state index in [1.807, 2.05) is 56.3 Å². The summed E-state index contributed by atoms with van der Waals surface area (Å²) >= 11 is 1.36. The summed E-state index contributed by atoms with van der Waals surface area (Å²) < 4.78 is 6.35. The van der Waals surface area contributed by atoms with Crippen LogP contribution in [0.5, 0.6) is 0 Å². The molecule has 0 aliphatic rings. The van der Waals surface area contributed by atoms with Crippen LogP contribution >= 0.6 is 11.3 Å². The second-order valence-electron chi connectivity index (χ2n) is 6.00. The van der Waals surface area contributed by atoms with Gasteiger partial charge in [0, 0.05) is 10.4 Å². The zero-order chi connectivity index (χ0) is 18.0. The number of ether oxygens (including phenoxy) is 1. The smallest absolute Gasteiger partial charge is 0.349 e. The number of carbonyl (C=O) groups excluding carboxylic acids is 2. The number of carbonyl (C=O) groups is 2. The van der Waals surface area contributed by atoms with Crippen LogP contribution in [0.4, 0.5) is 5.69 Å². The Bertz CT molecular complexity index is 912. The standard InChI is InChI=1S/C20H19NO3S/c1-12-8-9-13(2)16(10-12)21-19(22)14(3)24-20(23)18-11-15-6-4-5-7-17(15)25-18/h4-11,14H,1-3H3,(H,21,22)/t14-/m1/s1. The lowest BCUT2D eigenvalue weighted by Crippen LogP contribution is -2.30. The Kier molecular flexibility index (Phi) is 4.86. The van der Waals surface area contributed by atoms with Gasteiger partial charge in [-0.2, -0.15) is 0 Å². The summed E-state index contributed by atoms with van der Waals surface area (Å²) in [7, 11) is 0. The molecule has 0 aliphatic heterocycles. The SMILES string of the molecule is Cc1ccc(C)c(NC(=O)[C@@H](C)OC(=O)c2cc3ccccc3s2)c1. The molecular formula is C20H19NO3S. The Hall–Kier alpha value is -2.66. The highest BCUT2D eigenvalue weighted by Gasteiger charge is 2.21. The van der Waals surface area contributed by atoms with E-state index in [4.69, 9.17) is 4.74 Å². The Morgan fingerprint density at radius 3 is 2.60 bits per heavy atom. The highest BCUT2D eigenvalue weighted by molar-refractivity contribution is 7.20. The molecule has 1 aromatic heterocycles. The van der Waals surface area contributed by atoms with Crippen molar-refractivity contribution in [2.24, 2.45) is 0 Å². The largest absolute Gasteiger partial charge is 0.448 e. The summed E-state index contributed by atoms with van der Waals surface area (Å²) in [5, 5.41) is 3.81. The number of benzene rings is 2. The van der Waals surface area contributed by atoms with Crippen LogP contribution in [0.3, 0.4) is 0 Å². The molecule has 0 saturated heterocycles. The van der Waals surface area contributed by atoms with Crippen molar-refractivity contribution in [2.75, 3.05) is 5.32 Å². The third kappa shape index (κ3) is 3.88. The van der Waals surface area contributed by atoms with E-state index < -0.39 is 12.1 Å². The van der Waals surface area contributed by atoms with E-state index in [0.29, 0.717) is 4.88 Å². The van der Waals surface area contributed by atoms with Gasteiger partial charge in [0.1, 0.15) is 4.88 Å². The van der Waals surface area contributed by atoms with Crippen molar-refractivity contribution in [1.82, 2.24) is 0 Å². The van der Waals surface area contributed by atoms with Gasteiger partial charge in [0.25, 0.3) is 5.91 Å². The molecule has 0 spiro atoms. The molecule has 1 atom stereocenters. The summed E-state index contributed by atoms with van der Waals surface area (Å²) in [6, 6.07) is 15.4. The van der Waals surface area contributed by atoms with Gasteiger partial charge in [0.05, 0.1) is 0 Å². The van der Waals surface area contributed by atoms with Gasteiger partial charge in [-0.25, -0.2) is 4.79 Å². The van der Waals surface area contributed by atoms with E-state index in [1.54, 1.807) is 13.0 Å². The fraction of sp³-hybridized carbons (Fsp3) is 0.200. The van der Waals surface area contributed by atoms with Crippen LogP contribution in [0.15, 0.2) is 48.5 Å². The first kappa shape index (κ1) is 17.2. The normalized spacial score (nSPS) is 12.0. The molecule has 1 amide bonds. The molecule has 1 heterocycles. The van der Waals surface area contributed by atoms with Crippen molar-refractivity contribution in [3.63, 3.8) is 0 Å². The number of fused-ring (bicyclic) bond motifs is 1. The highest BCUT2D eigenvalue weighted by atomic mass is 32.1. The van der Waals surface area contributed by atoms with Gasteiger partial charge in [-0.1, -0.05) is 30.3 Å². The number of anilines is 1. The highest BCUT2D eigenvalue weighted by Crippen LogP contribution is 2.26. The van der Waals surface area contributed by atoms with Crippen LogP contribution in [0, 0.1) is 13.8 Å². The molecule has 0 bridgehead atoms. The predicted octanol–water partition coefficient (Wildman–Crippen LogP) is 4.70. The van der Waals surface area contributed by atoms with Crippen molar-refractivity contribution in [3.05, 3.63) is 64.5 Å². The van der Waals surface area contributed by atoms with E-state index in [9.17, 15) is 9.59 Å². The molecule has 25 heavy (non-hydrogen) atoms. The number of thiophene rings is 1. The average Bonchev–Trinajstić information content (AvgIpc) is 3.02. The zero-order valence-corrected chi connectivity index (χ0v) is 15.1. The van der Waals surface area contributed by atoms with E-state index in [1.165, 1.54) is 11.3 Å². The molecule has 5 heteroatoms. The van der Waals surface area contributed by atoms with Gasteiger partial charge in [0.2, 0.25) is 0 Å². The zero-order valence-electron chi connectivity index (χ0n) is 14.3. The minimum atomic E-state index is -0.877. The summed E-state index contributed by atoms with van der Waals surface area (Å²) in [6.45, 7) is 5.45. The van der Waals surface area contributed by atoms with Gasteiger partial charge in [-0.15, -0.1) is 11.3 Å². The fourth-order valence-corrected chi connectivity index (χ4v) is 3.41. The maximum atomic E-state index is 12.3. The molecule has 3 aromatic rings. The minimum Gasteiger partial charge on any atom is -0.448 e. The fourth-order valence-electron chi connectivity index (χ4n) is 2.46. The second kappa shape index (κ2) is 7.07. The Morgan fingerprint density at radius 1 is 1.08 bits per heavy atom. The number of nitrogens with one attached hydrogen (secondary N) is 1. The number of esters is 1. The molecule has 0 unspecified atom stereocenters. The van der Waals surface area contributed by atoms with Gasteiger partial charge in [0.15, 0.2) is 6.10 Å². The summed E-state index contributed by atoms with van der Waals surface area (Å²) in [6.07, 6.45) is -0.877. The van der Waals surface area contributed by atoms with Crippen LogP contribution in [0.25, 0.3) is 10.1 Å². The Balaban J connectivity index is 1.68. The van der Waals surface area contributed by atoms with Crippen LogP contribution < -0.4 is 5.32 Å². The maximum absolute atomic E-state index is 12.3. The number of hydrogen-bond acceptors (Lipinski definition) is 4. The van der Waals surface area contributed by atoms with Gasteiger partial charge < -0.3 is 10.1 Å². The first-order valence-corrected chi connectivity index (χ1v) is 8.83. The monoisotopic (exact) mass is 353 g/mol. The minimum absolute atomic E-state index is 0.344. The molecule has 1 N–H and O–H groups in total. The Morgan fingerprint density at radius 2 is 1.84 bits per heavy atom. The van der Waals surface area contributed by atoms with E-state index in [-0.39, 0.29) is 5.91 Å². The van der Waals surface area contributed by atoms with E-state index in [0.717, 1.165) is 26.9 Å². The van der Waals surface area contributed by atoms with Crippen molar-refractivity contribution in [2.45, 2.75) is 26.9 Å². The van der Waals surface area contributed by atoms with Crippen molar-refractivity contribution in [3.8, 4) is 0 Å². The molecule has 3 rings (SSSR count). The van der Waals surface area contributed by atoms with Gasteiger partial charge in [-0.3, -0.25) is 4.79 Å². The number of hydrogen-bond donors (Lipinski definition) is 1. The third-order valence-electron chi connectivity index (χ3n) is 3.93. The first-order valence-electron chi connectivity index (χ1n) is 8.02. The third-order valence-corrected chi connectivity index (χ3v) is 5.03. The Labute approximate surface area is 150 Å². The molecule has 4 nitrogen and oxygen atoms in total. The molecule has 0 saturated carbocycles. The lowest BCUT2D eigenvalue weighted by Gasteiger charge is -2.14. The summed E-state index contributed by atoms with van der Waals surface area (Å²) in [5.41, 5.74) is 2.74. The average molecular weight is 353 g/mol. The topological polar surface area (TPSA) is 55.4 Å². The second-order valence-corrected chi connectivity index (χ2v) is 7.09. The molecule has 0 radical (unpaired) electrons. The predicted molar refractivity (Wildman–Crippen MR) is 101 cm³/mol. The number of aryl methyl sites for hydroxylation is 2. The number of amides is 1. The molecule has 2 aromatic carbocycles. The van der Waals surface area contributed by atoms with Crippen LogP contribution in [0.1, 0.15) is 27.7 Å². The van der Waals surface area contributed by atoms with Crippen LogP contribution in [0.2, 0.25) is 0 Å². The van der Waals surface area contributed by atoms with Gasteiger partial charge >= 0.3 is 5.97 Å². The molecule has 0 fully saturated rings. The van der Waals surface area contributed by atoms with Crippen molar-refractivity contribution < 1.29 is 14.3 Å². The molecule has 128 valence electrons. The quantitative estimate of drug-likeness (QED) is 0.692. The van der Waals surface area contributed by atoms with E-state index >= 15 is 0 Å². The van der Waals surface area contributed by atoms with Crippen LogP contribution in [-0.2, 0) is 9.53 Å². The van der Waals surface area contributed by atoms with Gasteiger partial charge in [-0.05, 0) is 55.5 Å². The summed E-state index contributed by atoms with van der Waals surface area (Å²) in [4.78, 5) is 25.1. The molecule has 0 aliphatic carbocycles. The lowest BCUT2D eigenvalue weighted by atomic mass is 10.1. The maximum Gasteiger partial charge on any atom is 0.349 e. The van der Waals surface area contributed by atoms with Crippen molar-refractivity contribution in [1.29, 1.82) is 0 Å². The lowest BCUT2D eigenvalue weighted by molar-refractivity contribution is -0.123. The summed E-state index contributed by atoms with van der Waals surface area (Å²) in [5.74, 6) is -0.826. The van der Waals surface area contributed by atoms with Crippen molar-refractivity contribution >= 4 is 39.0 Å². The molecular weight excluding hydrogens is 334 g/mol. The first-order chi connectivity index (χ1) is 11.9. The van der Waals surface area contributed by atoms with E-state index in [2.05, 4.69) is 5.32 Å². The number of rotatable bonds is 4.